The maximum atomic E-state index is 14.8. The van der Waals surface area contributed by atoms with E-state index in [0.717, 1.165) is 0 Å². The number of carbonyl (C=O) groups excluding carboxylic acids is 8. The van der Waals surface area contributed by atoms with Gasteiger partial charge in [-0.3, -0.25) is 77.6 Å². The van der Waals surface area contributed by atoms with Crippen molar-refractivity contribution in [1.29, 1.82) is 0 Å². The molecule has 2 aliphatic rings. The Morgan fingerprint density at radius 3 is 0.565 bits per heavy atom. The maximum absolute atomic E-state index is 14.8. The Hall–Kier alpha value is -4.72. The number of aliphatic hydroxyl groups is 4. The van der Waals surface area contributed by atoms with E-state index in [1.807, 2.05) is 39.2 Å². The Morgan fingerprint density at radius 2 is 0.435 bits per heavy atom. The lowest BCUT2D eigenvalue weighted by molar-refractivity contribution is -0.158. The van der Waals surface area contributed by atoms with Gasteiger partial charge in [0.05, 0.1) is 77.8 Å². The van der Waals surface area contributed by atoms with Crippen LogP contribution in [-0.2, 0) is 66.8 Å². The summed E-state index contributed by atoms with van der Waals surface area (Å²) >= 11 is 0. The molecule has 2 rings (SSSR count). The predicted molar refractivity (Wildman–Crippen MR) is 346 cm³/mol. The van der Waals surface area contributed by atoms with Crippen LogP contribution in [0.4, 0.5) is 0 Å². The minimum atomic E-state index is -1.39. The molecule has 2 heterocycles. The fraction of sp³-hybridized carbons (Fsp3) is 0.875. The Bertz CT molecular complexity index is 2040. The van der Waals surface area contributed by atoms with Gasteiger partial charge < -0.3 is 58.6 Å². The highest BCUT2D eigenvalue weighted by molar-refractivity contribution is 5.80. The van der Waals surface area contributed by atoms with Gasteiger partial charge in [0.15, 0.2) is 0 Å². The molecular formula is C64H120N10O18. The lowest BCUT2D eigenvalue weighted by Gasteiger charge is -2.36. The van der Waals surface area contributed by atoms with E-state index < -0.39 is 107 Å². The Morgan fingerprint density at radius 1 is 0.293 bits per heavy atom. The van der Waals surface area contributed by atoms with Crippen LogP contribution in [0.15, 0.2) is 0 Å². The number of nitrogens with zero attached hydrogens (tertiary/aromatic N) is 10. The van der Waals surface area contributed by atoms with Crippen LogP contribution in [0.25, 0.3) is 0 Å². The fourth-order valence-electron chi connectivity index (χ4n) is 9.84. The van der Waals surface area contributed by atoms with E-state index in [9.17, 15) is 58.8 Å². The van der Waals surface area contributed by atoms with Gasteiger partial charge in [0, 0.05) is 131 Å². The number of ether oxygens (including phenoxy) is 6. The summed E-state index contributed by atoms with van der Waals surface area (Å²) in [5.41, 5.74) is -4.58. The average Bonchev–Trinajstić information content (AvgIpc) is 1.09. The molecular weight excluding hydrogens is 1200 g/mol. The molecule has 2 atom stereocenters. The molecule has 92 heavy (non-hydrogen) atoms. The van der Waals surface area contributed by atoms with Gasteiger partial charge in [-0.1, -0.05) is 0 Å². The molecule has 2 unspecified atom stereocenters. The topological polar surface area (TPSA) is 305 Å². The van der Waals surface area contributed by atoms with Crippen LogP contribution in [0.5, 0.6) is 0 Å². The summed E-state index contributed by atoms with van der Waals surface area (Å²) in [7, 11) is 0. The number of hydrogen-bond donors (Lipinski definition) is 4. The zero-order valence-electron chi connectivity index (χ0n) is 59.3. The van der Waals surface area contributed by atoms with E-state index in [-0.39, 0.29) is 131 Å². The van der Waals surface area contributed by atoms with Crippen molar-refractivity contribution in [3.8, 4) is 0 Å². The van der Waals surface area contributed by atoms with Crippen molar-refractivity contribution in [2.24, 2.45) is 0 Å². The number of amides is 2. The Balaban J connectivity index is 2.62. The predicted octanol–water partition coefficient (Wildman–Crippen LogP) is -0.157. The molecule has 28 heteroatoms. The molecule has 2 amide bonds. The van der Waals surface area contributed by atoms with Gasteiger partial charge >= 0.3 is 35.8 Å². The molecule has 2 saturated heterocycles. The zero-order chi connectivity index (χ0) is 70.0. The highest BCUT2D eigenvalue weighted by atomic mass is 16.6. The molecule has 4 N–H and O–H groups in total. The van der Waals surface area contributed by atoms with E-state index in [0.29, 0.717) is 52.4 Å². The molecule has 0 aromatic rings. The summed E-state index contributed by atoms with van der Waals surface area (Å²) in [5.74, 6) is -3.77. The van der Waals surface area contributed by atoms with Crippen LogP contribution in [0.3, 0.4) is 0 Å². The molecule has 0 aliphatic carbocycles. The van der Waals surface area contributed by atoms with Crippen LogP contribution in [0.2, 0.25) is 0 Å². The lowest BCUT2D eigenvalue weighted by Crippen LogP contribution is -2.53. The van der Waals surface area contributed by atoms with E-state index in [1.54, 1.807) is 125 Å². The first-order valence-corrected chi connectivity index (χ1v) is 32.5. The molecule has 0 spiro atoms. The summed E-state index contributed by atoms with van der Waals surface area (Å²) in [6.45, 7) is 32.8. The maximum Gasteiger partial charge on any atom is 0.320 e. The quantitative estimate of drug-likeness (QED) is 0.0682. The molecule has 0 bridgehead atoms. The van der Waals surface area contributed by atoms with Crippen LogP contribution in [0, 0.1) is 0 Å². The monoisotopic (exact) mass is 1320 g/mol. The van der Waals surface area contributed by atoms with Crippen LogP contribution in [0.1, 0.15) is 125 Å². The summed E-state index contributed by atoms with van der Waals surface area (Å²) in [4.78, 5) is 127. The van der Waals surface area contributed by atoms with Crippen molar-refractivity contribution < 1.29 is 87.2 Å². The SMILES string of the molecule is CC(C)(C)OC(=O)CN1CCN(CC(=O)OC(C)(C)C)CCN(CC(=O)N(CCN(CC(O)CO)C(=O)CN2CCN(CC(=O)OC(C)(C)C)CCN(CC(=O)OC(C)(C)C)CCN(CC(=O)OC(C)(C)C)CC2)CC(O)CO)CCN(CC(=O)OC(C)(C)C)CC1. The minimum Gasteiger partial charge on any atom is -0.459 e. The molecule has 534 valence electrons. The van der Waals surface area contributed by atoms with Gasteiger partial charge in [-0.05, 0) is 125 Å². The van der Waals surface area contributed by atoms with Gasteiger partial charge in [0.1, 0.15) is 33.6 Å². The molecule has 2 fully saturated rings. The molecule has 28 nitrogen and oxygen atoms in total. The first kappa shape index (κ1) is 83.4. The van der Waals surface area contributed by atoms with Gasteiger partial charge in [0.25, 0.3) is 0 Å². The average molecular weight is 1320 g/mol. The molecule has 0 aromatic heterocycles. The number of hydrogen-bond acceptors (Lipinski definition) is 26. The van der Waals surface area contributed by atoms with E-state index in [2.05, 4.69) is 0 Å². The molecule has 0 saturated carbocycles. The second kappa shape index (κ2) is 38.7. The van der Waals surface area contributed by atoms with Gasteiger partial charge in [-0.15, -0.1) is 0 Å². The summed E-state index contributed by atoms with van der Waals surface area (Å²) in [6, 6.07) is 0. The number of aliphatic hydroxyl groups excluding tert-OH is 4. The largest absolute Gasteiger partial charge is 0.459 e. The van der Waals surface area contributed by atoms with Crippen molar-refractivity contribution in [3.63, 3.8) is 0 Å². The zero-order valence-corrected chi connectivity index (χ0v) is 59.3. The standard InChI is InChI=1S/C64H120N10O18/c1-59(2,3)87-53(81)41-67-23-19-65(20-24-68(42-54(82)88-60(4,5)6)28-32-71(31-27-67)45-57(85)91-63(13,14)15)39-51(79)73(37-49(77)47-75)35-36-74(38-50(78)48-76)52(80)40-66-21-25-69(43-55(83)89-61(7,8)9)29-33-72(46-58(86)92-64(16,17)18)34-30-70(26-22-66)44-56(84)90-62(10,11)12/h49-50,75-78H,19-48H2,1-18H3. The first-order chi connectivity index (χ1) is 42.3. The smallest absolute Gasteiger partial charge is 0.320 e. The van der Waals surface area contributed by atoms with Crippen LogP contribution in [-0.4, -0.2) is 359 Å². The molecule has 0 aromatic carbocycles. The lowest BCUT2D eigenvalue weighted by atomic mass is 10.2. The normalized spacial score (nSPS) is 18.4. The Kier molecular flexibility index (Phi) is 35.1. The van der Waals surface area contributed by atoms with Gasteiger partial charge in [0.2, 0.25) is 11.8 Å². The van der Waals surface area contributed by atoms with Crippen molar-refractivity contribution in [1.82, 2.24) is 49.0 Å². The summed E-state index contributed by atoms with van der Waals surface area (Å²) < 4.78 is 34.2. The van der Waals surface area contributed by atoms with E-state index in [1.165, 1.54) is 9.80 Å². The van der Waals surface area contributed by atoms with Crippen molar-refractivity contribution >= 4 is 47.6 Å². The van der Waals surface area contributed by atoms with Crippen LogP contribution < -0.4 is 0 Å². The second-order valence-corrected chi connectivity index (χ2v) is 30.1. The summed E-state index contributed by atoms with van der Waals surface area (Å²) in [5, 5.41) is 42.1. The third-order valence-electron chi connectivity index (χ3n) is 13.8. The number of carbonyl (C=O) groups is 8. The van der Waals surface area contributed by atoms with Crippen LogP contribution >= 0.6 is 0 Å². The van der Waals surface area contributed by atoms with Gasteiger partial charge in [-0.25, -0.2) is 0 Å². The van der Waals surface area contributed by atoms with E-state index >= 15 is 0 Å². The molecule has 0 radical (unpaired) electrons. The van der Waals surface area contributed by atoms with Gasteiger partial charge in [-0.2, -0.15) is 0 Å². The number of rotatable bonds is 25. The summed E-state index contributed by atoms with van der Waals surface area (Å²) in [6.07, 6.45) is -2.79. The number of esters is 6. The first-order valence-electron chi connectivity index (χ1n) is 32.5. The highest BCUT2D eigenvalue weighted by Crippen LogP contribution is 2.16. The Labute approximate surface area is 548 Å². The third kappa shape index (κ3) is 40.5. The highest BCUT2D eigenvalue weighted by Gasteiger charge is 2.32. The second-order valence-electron chi connectivity index (χ2n) is 30.1. The fourth-order valence-corrected chi connectivity index (χ4v) is 9.84. The van der Waals surface area contributed by atoms with E-state index in [4.69, 9.17) is 28.4 Å². The minimum absolute atomic E-state index is 0.0551. The molecule has 2 aliphatic heterocycles. The van der Waals surface area contributed by atoms with Crippen molar-refractivity contribution in [3.05, 3.63) is 0 Å². The third-order valence-corrected chi connectivity index (χ3v) is 13.8. The van der Waals surface area contributed by atoms with Crippen molar-refractivity contribution in [2.45, 2.75) is 170 Å². The van der Waals surface area contributed by atoms with Crippen molar-refractivity contribution in [2.75, 3.05) is 196 Å².